The number of nitrogens with zero attached hydrogens (tertiary/aromatic N) is 4. The van der Waals surface area contributed by atoms with E-state index >= 15 is 0 Å². The van der Waals surface area contributed by atoms with Crippen LogP contribution in [0.1, 0.15) is 18.4 Å². The maximum Gasteiger partial charge on any atom is 0.299 e. The van der Waals surface area contributed by atoms with Crippen molar-refractivity contribution in [2.45, 2.75) is 25.4 Å². The highest BCUT2D eigenvalue weighted by molar-refractivity contribution is 5.86. The number of para-hydroxylation sites is 2. The Hall–Kier alpha value is -3.74. The maximum atomic E-state index is 13.0. The Kier molecular flexibility index (Phi) is 4.85. The monoisotopic (exact) mass is 399 g/mol. The van der Waals surface area contributed by atoms with E-state index in [4.69, 9.17) is 4.42 Å². The van der Waals surface area contributed by atoms with E-state index in [-0.39, 0.29) is 11.9 Å². The number of amides is 1. The van der Waals surface area contributed by atoms with Crippen molar-refractivity contribution in [1.29, 1.82) is 0 Å². The third-order valence-electron chi connectivity index (χ3n) is 5.36. The molecule has 1 aromatic carbocycles. The zero-order valence-electron chi connectivity index (χ0n) is 16.4. The van der Waals surface area contributed by atoms with Gasteiger partial charge in [0.15, 0.2) is 5.58 Å². The molecule has 0 saturated carbocycles. The van der Waals surface area contributed by atoms with Crippen LogP contribution in [-0.2, 0) is 11.3 Å². The van der Waals surface area contributed by atoms with Crippen LogP contribution >= 0.6 is 0 Å². The summed E-state index contributed by atoms with van der Waals surface area (Å²) in [6, 6.07) is 15.5. The molecule has 1 aliphatic heterocycles. The number of benzene rings is 1. The van der Waals surface area contributed by atoms with Crippen molar-refractivity contribution in [2.75, 3.05) is 11.4 Å². The number of carbonyl (C=O) groups is 1. The molecule has 1 fully saturated rings. The van der Waals surface area contributed by atoms with Gasteiger partial charge < -0.3 is 14.6 Å². The van der Waals surface area contributed by atoms with Crippen LogP contribution in [-0.4, -0.2) is 33.4 Å². The Morgan fingerprint density at radius 3 is 2.90 bits per heavy atom. The molecule has 1 saturated heterocycles. The second kappa shape index (κ2) is 7.94. The molecule has 1 amide bonds. The van der Waals surface area contributed by atoms with Crippen LogP contribution in [0.5, 0.6) is 0 Å². The molecular weight excluding hydrogens is 378 g/mol. The van der Waals surface area contributed by atoms with Crippen LogP contribution in [0.4, 0.5) is 6.01 Å². The highest BCUT2D eigenvalue weighted by atomic mass is 16.4. The fraction of sp³-hybridized carbons (Fsp3) is 0.217. The van der Waals surface area contributed by atoms with Crippen molar-refractivity contribution in [2.24, 2.45) is 0 Å². The van der Waals surface area contributed by atoms with E-state index in [9.17, 15) is 4.79 Å². The van der Waals surface area contributed by atoms with Crippen molar-refractivity contribution in [3.8, 4) is 11.3 Å². The fourth-order valence-electron chi connectivity index (χ4n) is 3.90. The number of oxazole rings is 1. The van der Waals surface area contributed by atoms with Gasteiger partial charge in [0.2, 0.25) is 5.91 Å². The average molecular weight is 399 g/mol. The summed E-state index contributed by atoms with van der Waals surface area (Å²) in [5, 5.41) is 3.07. The molecule has 4 heterocycles. The smallest absolute Gasteiger partial charge is 0.299 e. The summed E-state index contributed by atoms with van der Waals surface area (Å²) in [5.74, 6) is -0.0317. The molecule has 150 valence electrons. The molecule has 30 heavy (non-hydrogen) atoms. The normalized spacial score (nSPS) is 16.1. The Morgan fingerprint density at radius 1 is 1.13 bits per heavy atom. The molecule has 0 spiro atoms. The summed E-state index contributed by atoms with van der Waals surface area (Å²) < 4.78 is 5.89. The molecule has 4 aromatic rings. The van der Waals surface area contributed by atoms with Gasteiger partial charge in [-0.1, -0.05) is 18.2 Å². The highest BCUT2D eigenvalue weighted by Gasteiger charge is 2.33. The molecule has 5 rings (SSSR count). The van der Waals surface area contributed by atoms with Gasteiger partial charge >= 0.3 is 0 Å². The van der Waals surface area contributed by atoms with Crippen molar-refractivity contribution in [3.63, 3.8) is 0 Å². The Balaban J connectivity index is 1.32. The molecule has 7 nitrogen and oxygen atoms in total. The van der Waals surface area contributed by atoms with E-state index in [1.807, 2.05) is 53.4 Å². The number of anilines is 1. The zero-order valence-corrected chi connectivity index (χ0v) is 16.4. The van der Waals surface area contributed by atoms with E-state index in [2.05, 4.69) is 20.3 Å². The van der Waals surface area contributed by atoms with Gasteiger partial charge in [-0.3, -0.25) is 14.8 Å². The first-order valence-electron chi connectivity index (χ1n) is 10.0. The maximum absolute atomic E-state index is 13.0. The third-order valence-corrected chi connectivity index (χ3v) is 5.36. The van der Waals surface area contributed by atoms with Crippen LogP contribution < -0.4 is 10.2 Å². The lowest BCUT2D eigenvalue weighted by molar-refractivity contribution is -0.122. The van der Waals surface area contributed by atoms with Crippen molar-refractivity contribution in [3.05, 3.63) is 72.7 Å². The summed E-state index contributed by atoms with van der Waals surface area (Å²) >= 11 is 0. The molecule has 3 aromatic heterocycles. The number of fused-ring (bicyclic) bond motifs is 1. The number of hydrogen-bond donors (Lipinski definition) is 1. The number of carbonyl (C=O) groups excluding carboxylic acids is 1. The number of rotatable bonds is 5. The van der Waals surface area contributed by atoms with Crippen LogP contribution in [0, 0.1) is 0 Å². The van der Waals surface area contributed by atoms with Crippen molar-refractivity contribution < 1.29 is 9.21 Å². The van der Waals surface area contributed by atoms with E-state index in [1.54, 1.807) is 18.6 Å². The third kappa shape index (κ3) is 3.50. The number of aromatic nitrogens is 3. The molecule has 7 heteroatoms. The lowest BCUT2D eigenvalue weighted by Crippen LogP contribution is -2.43. The lowest BCUT2D eigenvalue weighted by atomic mass is 10.1. The predicted octanol–water partition coefficient (Wildman–Crippen LogP) is 3.57. The molecule has 1 atom stereocenters. The Bertz CT molecular complexity index is 1140. The summed E-state index contributed by atoms with van der Waals surface area (Å²) in [6.45, 7) is 1.15. The quantitative estimate of drug-likeness (QED) is 0.552. The highest BCUT2D eigenvalue weighted by Crippen LogP contribution is 2.28. The van der Waals surface area contributed by atoms with E-state index < -0.39 is 0 Å². The Labute approximate surface area is 173 Å². The topological polar surface area (TPSA) is 84.2 Å². The lowest BCUT2D eigenvalue weighted by Gasteiger charge is -2.22. The number of nitrogens with one attached hydrogen (secondary N) is 1. The largest absolute Gasteiger partial charge is 0.423 e. The summed E-state index contributed by atoms with van der Waals surface area (Å²) in [7, 11) is 0. The standard InChI is InChI=1S/C23H21N5O2/c29-22(26-15-17-7-4-12-25-21(17)16-6-3-11-24-14-16)19-9-5-13-28(19)23-27-18-8-1-2-10-20(18)30-23/h1-4,6-8,10-12,14,19H,5,9,13,15H2,(H,26,29). The zero-order chi connectivity index (χ0) is 20.3. The molecule has 0 radical (unpaired) electrons. The minimum Gasteiger partial charge on any atom is -0.423 e. The fourth-order valence-corrected chi connectivity index (χ4v) is 3.90. The molecule has 0 aliphatic carbocycles. The minimum atomic E-state index is -0.295. The predicted molar refractivity (Wildman–Crippen MR) is 114 cm³/mol. The van der Waals surface area contributed by atoms with E-state index in [1.165, 1.54) is 0 Å². The van der Waals surface area contributed by atoms with Gasteiger partial charge in [-0.15, -0.1) is 0 Å². The number of pyridine rings is 2. The van der Waals surface area contributed by atoms with Gasteiger partial charge in [-0.25, -0.2) is 0 Å². The van der Waals surface area contributed by atoms with Crippen LogP contribution in [0.15, 0.2) is 71.5 Å². The molecular formula is C23H21N5O2. The summed E-state index contributed by atoms with van der Waals surface area (Å²) in [4.78, 5) is 28.2. The van der Waals surface area contributed by atoms with Gasteiger partial charge in [-0.2, -0.15) is 4.98 Å². The Morgan fingerprint density at radius 2 is 2.03 bits per heavy atom. The first kappa shape index (κ1) is 18.3. The van der Waals surface area contributed by atoms with Gasteiger partial charge in [-0.05, 0) is 48.7 Å². The van der Waals surface area contributed by atoms with Gasteiger partial charge in [0.1, 0.15) is 11.6 Å². The van der Waals surface area contributed by atoms with Gasteiger partial charge in [0.25, 0.3) is 6.01 Å². The van der Waals surface area contributed by atoms with Crippen LogP contribution in [0.3, 0.4) is 0 Å². The van der Waals surface area contributed by atoms with E-state index in [0.29, 0.717) is 12.6 Å². The first-order chi connectivity index (χ1) is 14.8. The van der Waals surface area contributed by atoms with Crippen molar-refractivity contribution in [1.82, 2.24) is 20.3 Å². The molecule has 1 aliphatic rings. The molecule has 1 N–H and O–H groups in total. The van der Waals surface area contributed by atoms with Gasteiger partial charge in [0, 0.05) is 37.2 Å². The molecule has 1 unspecified atom stereocenters. The van der Waals surface area contributed by atoms with Crippen LogP contribution in [0.2, 0.25) is 0 Å². The minimum absolute atomic E-state index is 0.0317. The van der Waals surface area contributed by atoms with Gasteiger partial charge in [0.05, 0.1) is 5.69 Å². The van der Waals surface area contributed by atoms with Crippen LogP contribution in [0.25, 0.3) is 22.4 Å². The second-order valence-corrected chi connectivity index (χ2v) is 7.29. The first-order valence-corrected chi connectivity index (χ1v) is 10.0. The second-order valence-electron chi connectivity index (χ2n) is 7.29. The summed E-state index contributed by atoms with van der Waals surface area (Å²) in [5.41, 5.74) is 4.24. The number of hydrogen-bond acceptors (Lipinski definition) is 6. The summed E-state index contributed by atoms with van der Waals surface area (Å²) in [6.07, 6.45) is 6.95. The SMILES string of the molecule is O=C(NCc1cccnc1-c1cccnc1)C1CCCN1c1nc2ccccc2o1. The molecule has 0 bridgehead atoms. The average Bonchev–Trinajstić information content (AvgIpc) is 3.45. The van der Waals surface area contributed by atoms with Crippen molar-refractivity contribution >= 4 is 23.0 Å². The van der Waals surface area contributed by atoms with E-state index in [0.717, 1.165) is 47.3 Å².